The first-order chi connectivity index (χ1) is 7.67. The van der Waals surface area contributed by atoms with Gasteiger partial charge in [-0.15, -0.1) is 11.6 Å². The fraction of sp³-hybridized carbons (Fsp3) is 0.462. The molecule has 0 saturated heterocycles. The summed E-state index contributed by atoms with van der Waals surface area (Å²) in [5.74, 6) is 1.42. The third-order valence-electron chi connectivity index (χ3n) is 2.87. The first-order valence-electron chi connectivity index (χ1n) is 5.73. The molecule has 0 saturated carbocycles. The molecule has 3 heteroatoms. The van der Waals surface area contributed by atoms with E-state index in [1.54, 1.807) is 0 Å². The van der Waals surface area contributed by atoms with Gasteiger partial charge in [-0.1, -0.05) is 13.0 Å². The molecule has 16 heavy (non-hydrogen) atoms. The average Bonchev–Trinajstić information content (AvgIpc) is 2.65. The van der Waals surface area contributed by atoms with Gasteiger partial charge in [-0.3, -0.25) is 0 Å². The molecule has 0 aliphatic carbocycles. The van der Waals surface area contributed by atoms with Gasteiger partial charge < -0.3 is 4.57 Å². The smallest absolute Gasteiger partial charge is 0.125 e. The average molecular weight is 237 g/mol. The van der Waals surface area contributed by atoms with E-state index in [0.29, 0.717) is 11.9 Å². The van der Waals surface area contributed by atoms with E-state index in [1.807, 2.05) is 0 Å². The topological polar surface area (TPSA) is 17.8 Å². The van der Waals surface area contributed by atoms with Crippen LogP contribution in [0, 0.1) is 0 Å². The number of hydrogen-bond acceptors (Lipinski definition) is 1. The number of benzene rings is 1. The summed E-state index contributed by atoms with van der Waals surface area (Å²) < 4.78 is 2.21. The number of aryl methyl sites for hydroxylation is 1. The molecule has 0 spiro atoms. The third kappa shape index (κ3) is 1.82. The van der Waals surface area contributed by atoms with Crippen molar-refractivity contribution in [2.24, 2.45) is 0 Å². The Balaban J connectivity index is 2.67. The second-order valence-electron chi connectivity index (χ2n) is 4.30. The lowest BCUT2D eigenvalue weighted by molar-refractivity contribution is 0.597. The molecule has 0 amide bonds. The van der Waals surface area contributed by atoms with Gasteiger partial charge in [0.05, 0.1) is 16.9 Å². The largest absolute Gasteiger partial charge is 0.324 e. The number of alkyl halides is 1. The number of fused-ring (bicyclic) bond motifs is 1. The summed E-state index contributed by atoms with van der Waals surface area (Å²) in [6.45, 7) is 6.47. The van der Waals surface area contributed by atoms with Crippen LogP contribution in [0.4, 0.5) is 0 Å². The van der Waals surface area contributed by atoms with E-state index < -0.39 is 0 Å². The zero-order chi connectivity index (χ0) is 11.7. The van der Waals surface area contributed by atoms with E-state index in [-0.39, 0.29) is 0 Å². The predicted octanol–water partition coefficient (Wildman–Crippen LogP) is 3.92. The minimum absolute atomic E-state index is 0.395. The summed E-state index contributed by atoms with van der Waals surface area (Å²) in [6, 6.07) is 6.87. The summed E-state index contributed by atoms with van der Waals surface area (Å²) in [5.41, 5.74) is 3.56. The number of rotatable bonds is 3. The van der Waals surface area contributed by atoms with Gasteiger partial charge in [0.1, 0.15) is 5.82 Å². The first kappa shape index (κ1) is 11.5. The monoisotopic (exact) mass is 236 g/mol. The maximum Gasteiger partial charge on any atom is 0.125 e. The van der Waals surface area contributed by atoms with Crippen molar-refractivity contribution in [1.29, 1.82) is 0 Å². The molecule has 0 atom stereocenters. The second-order valence-corrected chi connectivity index (χ2v) is 4.57. The van der Waals surface area contributed by atoms with E-state index in [9.17, 15) is 0 Å². The van der Waals surface area contributed by atoms with Crippen LogP contribution in [0.25, 0.3) is 11.0 Å². The molecule has 0 fully saturated rings. The Bertz CT molecular complexity index is 500. The summed E-state index contributed by atoms with van der Waals surface area (Å²) >= 11 is 5.94. The molecular weight excluding hydrogens is 220 g/mol. The maximum atomic E-state index is 5.94. The van der Waals surface area contributed by atoms with Crippen molar-refractivity contribution in [2.45, 2.75) is 39.1 Å². The van der Waals surface area contributed by atoms with Gasteiger partial charge >= 0.3 is 0 Å². The molecule has 0 radical (unpaired) electrons. The molecule has 0 bridgehead atoms. The molecule has 2 aromatic rings. The van der Waals surface area contributed by atoms with Crippen molar-refractivity contribution in [3.05, 3.63) is 29.6 Å². The summed E-state index contributed by atoms with van der Waals surface area (Å²) in [6.07, 6.45) is 1.04. The molecule has 0 unspecified atom stereocenters. The van der Waals surface area contributed by atoms with Crippen LogP contribution in [0.1, 0.15) is 38.2 Å². The Morgan fingerprint density at radius 1 is 1.38 bits per heavy atom. The zero-order valence-corrected chi connectivity index (χ0v) is 10.8. The molecule has 0 N–H and O–H groups in total. The van der Waals surface area contributed by atoms with Gasteiger partial charge in [-0.05, 0) is 38.0 Å². The molecule has 1 aromatic heterocycles. The van der Waals surface area contributed by atoms with Crippen molar-refractivity contribution in [1.82, 2.24) is 9.55 Å². The number of halogens is 1. The van der Waals surface area contributed by atoms with Crippen LogP contribution in [-0.4, -0.2) is 9.55 Å². The quantitative estimate of drug-likeness (QED) is 0.739. The second kappa shape index (κ2) is 4.46. The number of hydrogen-bond donors (Lipinski definition) is 0. The Kier molecular flexibility index (Phi) is 3.20. The van der Waals surface area contributed by atoms with Gasteiger partial charge in [0.25, 0.3) is 0 Å². The van der Waals surface area contributed by atoms with E-state index in [0.717, 1.165) is 17.8 Å². The van der Waals surface area contributed by atoms with Gasteiger partial charge in [-0.25, -0.2) is 4.98 Å². The van der Waals surface area contributed by atoms with E-state index in [1.165, 1.54) is 11.1 Å². The zero-order valence-electron chi connectivity index (χ0n) is 10.00. The van der Waals surface area contributed by atoms with Gasteiger partial charge in [0.2, 0.25) is 0 Å². The van der Waals surface area contributed by atoms with Crippen LogP contribution in [0.3, 0.4) is 0 Å². The van der Waals surface area contributed by atoms with Crippen molar-refractivity contribution < 1.29 is 0 Å². The summed E-state index contributed by atoms with van der Waals surface area (Å²) in [5, 5.41) is 0. The van der Waals surface area contributed by atoms with Crippen LogP contribution in [0.5, 0.6) is 0 Å². The van der Waals surface area contributed by atoms with Crippen LogP contribution in [-0.2, 0) is 12.3 Å². The lowest BCUT2D eigenvalue weighted by Gasteiger charge is -2.11. The van der Waals surface area contributed by atoms with E-state index in [4.69, 9.17) is 11.6 Å². The minimum Gasteiger partial charge on any atom is -0.324 e. The summed E-state index contributed by atoms with van der Waals surface area (Å²) in [7, 11) is 0. The van der Waals surface area contributed by atoms with Crippen LogP contribution >= 0.6 is 11.6 Å². The normalized spacial score (nSPS) is 11.6. The Morgan fingerprint density at radius 3 is 2.69 bits per heavy atom. The molecule has 0 aliphatic heterocycles. The number of imidazole rings is 1. The third-order valence-corrected chi connectivity index (χ3v) is 3.11. The van der Waals surface area contributed by atoms with E-state index >= 15 is 0 Å². The molecule has 2 nitrogen and oxygen atoms in total. The van der Waals surface area contributed by atoms with Crippen molar-refractivity contribution >= 4 is 22.6 Å². The van der Waals surface area contributed by atoms with Crippen LogP contribution < -0.4 is 0 Å². The van der Waals surface area contributed by atoms with Crippen molar-refractivity contribution in [3.8, 4) is 0 Å². The molecule has 0 aliphatic rings. The molecule has 1 aromatic carbocycles. The van der Waals surface area contributed by atoms with Gasteiger partial charge in [-0.2, -0.15) is 0 Å². The lowest BCUT2D eigenvalue weighted by atomic mass is 10.1. The highest BCUT2D eigenvalue weighted by molar-refractivity contribution is 6.16. The van der Waals surface area contributed by atoms with Crippen molar-refractivity contribution in [3.63, 3.8) is 0 Å². The fourth-order valence-corrected chi connectivity index (χ4v) is 2.27. The summed E-state index contributed by atoms with van der Waals surface area (Å²) in [4.78, 5) is 4.59. The Morgan fingerprint density at radius 2 is 2.12 bits per heavy atom. The fourth-order valence-electron chi connectivity index (χ4n) is 2.08. The van der Waals surface area contributed by atoms with Crippen molar-refractivity contribution in [2.75, 3.05) is 0 Å². The maximum absolute atomic E-state index is 5.94. The highest BCUT2D eigenvalue weighted by Gasteiger charge is 2.12. The molecular formula is C13H17ClN2. The van der Waals surface area contributed by atoms with Crippen LogP contribution in [0.15, 0.2) is 18.2 Å². The number of nitrogens with zero attached hydrogens (tertiary/aromatic N) is 2. The molecule has 1 heterocycles. The highest BCUT2D eigenvalue weighted by atomic mass is 35.5. The minimum atomic E-state index is 0.395. The lowest BCUT2D eigenvalue weighted by Crippen LogP contribution is -2.04. The Labute approximate surface area is 101 Å². The number of aromatic nitrogens is 2. The predicted molar refractivity (Wildman–Crippen MR) is 69.1 cm³/mol. The van der Waals surface area contributed by atoms with Gasteiger partial charge in [0.15, 0.2) is 0 Å². The highest BCUT2D eigenvalue weighted by Crippen LogP contribution is 2.23. The standard InChI is InChI=1S/C13H17ClN2/c1-4-10-5-6-12-11(7-10)15-13(8-14)16(12)9(2)3/h5-7,9H,4,8H2,1-3H3. The first-order valence-corrected chi connectivity index (χ1v) is 6.26. The SMILES string of the molecule is CCc1ccc2c(c1)nc(CCl)n2C(C)C. The van der Waals surface area contributed by atoms with E-state index in [2.05, 4.69) is 48.5 Å². The molecule has 2 rings (SSSR count). The van der Waals surface area contributed by atoms with Crippen LogP contribution in [0.2, 0.25) is 0 Å². The van der Waals surface area contributed by atoms with Gasteiger partial charge in [0, 0.05) is 6.04 Å². The Hall–Kier alpha value is -1.02. The molecule has 86 valence electrons.